The Morgan fingerprint density at radius 2 is 1.72 bits per heavy atom. The van der Waals surface area contributed by atoms with Gasteiger partial charge in [0.2, 0.25) is 10.0 Å². The van der Waals surface area contributed by atoms with Gasteiger partial charge in [-0.25, -0.2) is 8.42 Å². The molecule has 1 aromatic carbocycles. The van der Waals surface area contributed by atoms with Crippen molar-refractivity contribution in [1.29, 1.82) is 0 Å². The summed E-state index contributed by atoms with van der Waals surface area (Å²) in [5, 5.41) is 6.78. The van der Waals surface area contributed by atoms with Crippen molar-refractivity contribution in [3.63, 3.8) is 0 Å². The molecule has 6 fully saturated rings. The normalized spacial score (nSPS) is 36.3. The van der Waals surface area contributed by atoms with E-state index in [2.05, 4.69) is 71.0 Å². The molecule has 9 nitrogen and oxygen atoms in total. The maximum atomic E-state index is 13.9. The molecule has 2 aliphatic carbocycles. The minimum atomic E-state index is -3.53. The molecular weight excluding hydrogens is 598 g/mol. The molecule has 2 saturated carbocycles. The molecule has 0 amide bonds. The summed E-state index contributed by atoms with van der Waals surface area (Å²) in [5.74, 6) is 0.955. The highest BCUT2D eigenvalue weighted by Gasteiger charge is 2.50. The predicted molar refractivity (Wildman–Crippen MR) is 182 cm³/mol. The first kappa shape index (κ1) is 33.4. The first-order valence-electron chi connectivity index (χ1n) is 18.4. The minimum Gasteiger partial charge on any atom is -0.378 e. The molecule has 10 heteroatoms. The molecule has 4 heterocycles. The van der Waals surface area contributed by atoms with Crippen molar-refractivity contribution in [3.8, 4) is 0 Å². The van der Waals surface area contributed by atoms with Crippen molar-refractivity contribution in [2.24, 2.45) is 17.3 Å². The molecule has 46 heavy (non-hydrogen) atoms. The Labute approximate surface area is 278 Å². The summed E-state index contributed by atoms with van der Waals surface area (Å²) in [5.41, 5.74) is 4.17. The van der Waals surface area contributed by atoms with Crippen LogP contribution >= 0.6 is 0 Å². The summed E-state index contributed by atoms with van der Waals surface area (Å²) in [6.07, 6.45) is 9.75. The van der Waals surface area contributed by atoms with E-state index in [9.17, 15) is 8.42 Å². The molecule has 5 unspecified atom stereocenters. The van der Waals surface area contributed by atoms with Gasteiger partial charge in [0.25, 0.3) is 0 Å². The molecule has 0 aromatic heterocycles. The molecule has 6 aliphatic rings. The number of ether oxygens (including phenoxy) is 2. The monoisotopic (exact) mass is 657 g/mol. The van der Waals surface area contributed by atoms with Gasteiger partial charge in [-0.15, -0.1) is 0 Å². The summed E-state index contributed by atoms with van der Waals surface area (Å²) >= 11 is 0. The lowest BCUT2D eigenvalue weighted by molar-refractivity contribution is -0.117. The molecule has 1 aromatic rings. The van der Waals surface area contributed by atoms with Gasteiger partial charge in [0.15, 0.2) is 0 Å². The second-order valence-electron chi connectivity index (χ2n) is 16.3. The number of benzene rings is 1. The third-order valence-corrected chi connectivity index (χ3v) is 14.4. The van der Waals surface area contributed by atoms with Crippen LogP contribution in [0.5, 0.6) is 0 Å². The van der Waals surface area contributed by atoms with Crippen molar-refractivity contribution in [2.45, 2.75) is 134 Å². The van der Waals surface area contributed by atoms with E-state index < -0.39 is 16.3 Å². The highest BCUT2D eigenvalue weighted by Crippen LogP contribution is 2.52. The van der Waals surface area contributed by atoms with Crippen LogP contribution in [0.4, 0.5) is 0 Å². The van der Waals surface area contributed by atoms with E-state index in [1.807, 2.05) is 0 Å². The van der Waals surface area contributed by atoms with E-state index in [4.69, 9.17) is 9.47 Å². The average molecular weight is 658 g/mol. The molecule has 3 N–H and O–H groups in total. The third kappa shape index (κ3) is 7.11. The van der Waals surface area contributed by atoms with Gasteiger partial charge in [0.1, 0.15) is 12.5 Å². The molecule has 258 valence electrons. The molecular formula is C36H59N5O4S. The van der Waals surface area contributed by atoms with Gasteiger partial charge >= 0.3 is 0 Å². The van der Waals surface area contributed by atoms with Crippen LogP contribution in [0.3, 0.4) is 0 Å². The summed E-state index contributed by atoms with van der Waals surface area (Å²) in [6.45, 7) is 14.9. The second-order valence-corrected chi connectivity index (χ2v) is 18.3. The number of hydrogen-bond donors (Lipinski definition) is 3. The maximum Gasteiger partial charge on any atom is 0.216 e. The van der Waals surface area contributed by atoms with E-state index in [0.29, 0.717) is 42.0 Å². The van der Waals surface area contributed by atoms with Crippen LogP contribution in [-0.4, -0.2) is 93.6 Å². The smallest absolute Gasteiger partial charge is 0.216 e. The number of fused-ring (bicyclic) bond motifs is 4. The van der Waals surface area contributed by atoms with Crippen LogP contribution in [0.1, 0.15) is 101 Å². The van der Waals surface area contributed by atoms with E-state index in [1.165, 1.54) is 55.5 Å². The zero-order chi connectivity index (χ0) is 32.1. The van der Waals surface area contributed by atoms with Crippen LogP contribution in [0.2, 0.25) is 0 Å². The third-order valence-electron chi connectivity index (χ3n) is 12.5. The number of rotatable bonds is 5. The minimum absolute atomic E-state index is 0.00658. The van der Waals surface area contributed by atoms with E-state index >= 15 is 0 Å². The zero-order valence-electron chi connectivity index (χ0n) is 28.7. The second kappa shape index (κ2) is 13.7. The Morgan fingerprint density at radius 3 is 2.39 bits per heavy atom. The standard InChI is InChI=1S/C36H59N5O4S/c1-24(2)15-28-23-45-33-17-32(34-25(3)7-5-8-26(34)4)37-35(38-33)39-46(42,43)31-10-6-9-27(16-31)20-41(28)29-18-36(19-29)11-13-40(14-12-36)30-21-44-22-30/h5,7-8,24,27-33,35,37-39H,6,9-23H2,1-4H3/t27?,28-,31?,32?,33?,35?/m1/s1. The lowest BCUT2D eigenvalue weighted by Crippen LogP contribution is -2.64. The van der Waals surface area contributed by atoms with Crippen molar-refractivity contribution in [3.05, 3.63) is 34.9 Å². The molecule has 1 spiro atoms. The summed E-state index contributed by atoms with van der Waals surface area (Å²) in [7, 11) is -3.53. The quantitative estimate of drug-likeness (QED) is 0.429. The fraction of sp³-hybridized carbons (Fsp3) is 0.833. The van der Waals surface area contributed by atoms with Crippen LogP contribution in [0, 0.1) is 31.1 Å². The van der Waals surface area contributed by atoms with Crippen molar-refractivity contribution >= 4 is 10.0 Å². The highest BCUT2D eigenvalue weighted by atomic mass is 32.2. The Balaban J connectivity index is 1.13. The molecule has 4 aliphatic heterocycles. The first-order valence-corrected chi connectivity index (χ1v) is 19.9. The van der Waals surface area contributed by atoms with Crippen LogP contribution < -0.4 is 15.4 Å². The molecule has 4 bridgehead atoms. The first-order chi connectivity index (χ1) is 22.1. The zero-order valence-corrected chi connectivity index (χ0v) is 29.5. The summed E-state index contributed by atoms with van der Waals surface area (Å²) < 4.78 is 43.3. The van der Waals surface area contributed by atoms with Gasteiger partial charge in [-0.05, 0) is 112 Å². The molecule has 4 saturated heterocycles. The number of likely N-dealkylation sites (tertiary alicyclic amines) is 1. The van der Waals surface area contributed by atoms with E-state index in [0.717, 1.165) is 58.3 Å². The van der Waals surface area contributed by atoms with Gasteiger partial charge in [-0.3, -0.25) is 20.4 Å². The lowest BCUT2D eigenvalue weighted by Gasteiger charge is -2.58. The lowest BCUT2D eigenvalue weighted by atomic mass is 9.59. The topological polar surface area (TPSA) is 95.2 Å². The van der Waals surface area contributed by atoms with Gasteiger partial charge in [0, 0.05) is 31.1 Å². The maximum absolute atomic E-state index is 13.9. The van der Waals surface area contributed by atoms with Gasteiger partial charge in [-0.2, -0.15) is 4.72 Å². The van der Waals surface area contributed by atoms with Crippen molar-refractivity contribution in [1.82, 2.24) is 25.2 Å². The average Bonchev–Trinajstić information content (AvgIpc) is 2.96. The van der Waals surface area contributed by atoms with Crippen LogP contribution in [0.15, 0.2) is 18.2 Å². The molecule has 0 radical (unpaired) electrons. The number of piperidine rings is 1. The highest BCUT2D eigenvalue weighted by molar-refractivity contribution is 7.90. The van der Waals surface area contributed by atoms with E-state index in [1.54, 1.807) is 0 Å². The van der Waals surface area contributed by atoms with Crippen LogP contribution in [-0.2, 0) is 19.5 Å². The molecule has 7 rings (SSSR count). The SMILES string of the molecule is Cc1cccc(C)c1C1CC2NC(N1)NS(=O)(=O)C1CCCC(C1)CN(C1CC3(CCN(C4COC4)CC3)C1)[C@H](CC(C)C)CO2. The number of aryl methyl sites for hydroxylation is 2. The van der Waals surface area contributed by atoms with Gasteiger partial charge < -0.3 is 9.47 Å². The predicted octanol–water partition coefficient (Wildman–Crippen LogP) is 4.41. The van der Waals surface area contributed by atoms with Crippen LogP contribution in [0.25, 0.3) is 0 Å². The Kier molecular flexibility index (Phi) is 9.91. The van der Waals surface area contributed by atoms with E-state index in [-0.39, 0.29) is 17.5 Å². The number of hydrogen-bond acceptors (Lipinski definition) is 8. The number of nitrogens with zero attached hydrogens (tertiary/aromatic N) is 2. The van der Waals surface area contributed by atoms with Crippen molar-refractivity contribution in [2.75, 3.05) is 39.5 Å². The van der Waals surface area contributed by atoms with Gasteiger partial charge in [-0.1, -0.05) is 38.5 Å². The van der Waals surface area contributed by atoms with Crippen molar-refractivity contribution < 1.29 is 17.9 Å². The largest absolute Gasteiger partial charge is 0.378 e. The Morgan fingerprint density at radius 1 is 0.978 bits per heavy atom. The Hall–Kier alpha value is -1.11. The molecule has 6 atom stereocenters. The fourth-order valence-electron chi connectivity index (χ4n) is 9.84. The summed E-state index contributed by atoms with van der Waals surface area (Å²) in [6, 6.07) is 7.92. The summed E-state index contributed by atoms with van der Waals surface area (Å²) in [4.78, 5) is 5.49. The number of sulfonamides is 1. The number of nitrogens with one attached hydrogen (secondary N) is 3. The Bertz CT molecular complexity index is 1280. The van der Waals surface area contributed by atoms with Gasteiger partial charge in [0.05, 0.1) is 31.1 Å². The fourth-order valence-corrected chi connectivity index (χ4v) is 11.5.